The number of cyclic esters (lactones) is 1. The molecule has 2 aromatic rings. The zero-order valence-corrected chi connectivity index (χ0v) is 22.9. The van der Waals surface area contributed by atoms with Gasteiger partial charge in [-0.25, -0.2) is 4.39 Å². The van der Waals surface area contributed by atoms with E-state index < -0.39 is 5.92 Å². The van der Waals surface area contributed by atoms with Gasteiger partial charge in [-0.15, -0.1) is 0 Å². The zero-order chi connectivity index (χ0) is 28.3. The lowest BCUT2D eigenvalue weighted by molar-refractivity contribution is -0.152. The Morgan fingerprint density at radius 3 is 2.52 bits per heavy atom. The molecule has 7 nitrogen and oxygen atoms in total. The molecule has 1 N–H and O–H groups in total. The summed E-state index contributed by atoms with van der Waals surface area (Å²) in [7, 11) is 0. The van der Waals surface area contributed by atoms with Gasteiger partial charge in [0.25, 0.3) is 0 Å². The summed E-state index contributed by atoms with van der Waals surface area (Å²) in [5, 5.41) is 9.59. The minimum Gasteiger partial charge on any atom is -0.463 e. The van der Waals surface area contributed by atoms with E-state index in [9.17, 15) is 23.9 Å². The number of allylic oxidation sites excluding steroid dienone is 2. The third kappa shape index (κ3) is 8.24. The minimum atomic E-state index is -0.534. The molecule has 40 heavy (non-hydrogen) atoms. The Labute approximate surface area is 235 Å². The van der Waals surface area contributed by atoms with Crippen molar-refractivity contribution in [3.05, 3.63) is 83.7 Å². The molecule has 0 radical (unpaired) electrons. The van der Waals surface area contributed by atoms with Crippen LogP contribution in [0.4, 0.5) is 4.39 Å². The van der Waals surface area contributed by atoms with Crippen molar-refractivity contribution in [1.29, 1.82) is 0 Å². The standard InChI is InChI=1S/C32H39FN2O5/c33-28-15-13-24(14-16-28)20-27-11-6-2-5-10-26(31(38)35-17-7-12-29(35)23-40-32(27)39)21-30(37)34(18-19-36)22-25-8-3-1-4-9-25/h1-5,8-9,13-16,26-27,29,36H,6-7,10-12,17-23H2/b5-2+/t26-,27-,29-/m0/s1. The lowest BCUT2D eigenvalue weighted by Gasteiger charge is -2.30. The molecular weight excluding hydrogens is 511 g/mol. The summed E-state index contributed by atoms with van der Waals surface area (Å²) in [4.78, 5) is 43.5. The summed E-state index contributed by atoms with van der Waals surface area (Å²) in [6, 6.07) is 15.5. The molecule has 2 heterocycles. The monoisotopic (exact) mass is 550 g/mol. The number of amides is 2. The zero-order valence-electron chi connectivity index (χ0n) is 22.9. The van der Waals surface area contributed by atoms with Crippen molar-refractivity contribution in [1.82, 2.24) is 9.80 Å². The Hall–Kier alpha value is -3.52. The predicted octanol–water partition coefficient (Wildman–Crippen LogP) is 4.29. The molecular formula is C32H39FN2O5. The molecule has 214 valence electrons. The third-order valence-electron chi connectivity index (χ3n) is 7.79. The number of hydrogen-bond donors (Lipinski definition) is 1. The molecule has 0 aliphatic carbocycles. The average molecular weight is 551 g/mol. The third-order valence-corrected chi connectivity index (χ3v) is 7.79. The van der Waals surface area contributed by atoms with E-state index in [2.05, 4.69) is 0 Å². The number of fused-ring (bicyclic) bond motifs is 1. The molecule has 2 aromatic carbocycles. The van der Waals surface area contributed by atoms with E-state index >= 15 is 0 Å². The molecule has 3 atom stereocenters. The molecule has 1 saturated heterocycles. The largest absolute Gasteiger partial charge is 0.463 e. The van der Waals surface area contributed by atoms with Gasteiger partial charge in [-0.05, 0) is 61.8 Å². The predicted molar refractivity (Wildman–Crippen MR) is 149 cm³/mol. The van der Waals surface area contributed by atoms with Crippen molar-refractivity contribution in [3.8, 4) is 0 Å². The van der Waals surface area contributed by atoms with Crippen LogP contribution in [0.15, 0.2) is 66.7 Å². The average Bonchev–Trinajstić information content (AvgIpc) is 3.43. The minimum absolute atomic E-state index is 0.0478. The summed E-state index contributed by atoms with van der Waals surface area (Å²) in [5.41, 5.74) is 1.83. The van der Waals surface area contributed by atoms with Crippen LogP contribution < -0.4 is 0 Å². The Kier molecular flexibility index (Phi) is 10.9. The SMILES string of the molecule is O=C1OC[C@@H]2CCCN2C(=O)[C@H](CC(=O)N(CCO)Cc2ccccc2)C/C=C/CC[C@H]1Cc1ccc(F)cc1. The molecule has 0 bridgehead atoms. The number of rotatable bonds is 8. The second-order valence-corrected chi connectivity index (χ2v) is 10.7. The second-order valence-electron chi connectivity index (χ2n) is 10.7. The van der Waals surface area contributed by atoms with Crippen molar-refractivity contribution >= 4 is 17.8 Å². The van der Waals surface area contributed by atoms with Crippen LogP contribution in [0.5, 0.6) is 0 Å². The maximum atomic E-state index is 13.7. The quantitative estimate of drug-likeness (QED) is 0.392. The molecule has 8 heteroatoms. The van der Waals surface area contributed by atoms with E-state index in [-0.39, 0.29) is 61.7 Å². The number of benzene rings is 2. The number of nitrogens with zero attached hydrogens (tertiary/aromatic N) is 2. The smallest absolute Gasteiger partial charge is 0.309 e. The molecule has 1 fully saturated rings. The van der Waals surface area contributed by atoms with E-state index in [1.165, 1.54) is 12.1 Å². The highest BCUT2D eigenvalue weighted by atomic mass is 19.1. The van der Waals surface area contributed by atoms with Gasteiger partial charge in [-0.1, -0.05) is 54.6 Å². The van der Waals surface area contributed by atoms with Crippen molar-refractivity contribution in [2.75, 3.05) is 26.3 Å². The van der Waals surface area contributed by atoms with Crippen LogP contribution >= 0.6 is 0 Å². The Bertz CT molecular complexity index is 1150. The van der Waals surface area contributed by atoms with Gasteiger partial charge in [0, 0.05) is 26.1 Å². The van der Waals surface area contributed by atoms with Crippen LogP contribution in [0.2, 0.25) is 0 Å². The second kappa shape index (κ2) is 14.7. The number of ether oxygens (including phenoxy) is 1. The van der Waals surface area contributed by atoms with E-state index in [0.29, 0.717) is 38.8 Å². The fourth-order valence-corrected chi connectivity index (χ4v) is 5.54. The first-order chi connectivity index (χ1) is 19.4. The van der Waals surface area contributed by atoms with Crippen LogP contribution in [0.1, 0.15) is 49.7 Å². The van der Waals surface area contributed by atoms with Gasteiger partial charge < -0.3 is 19.6 Å². The number of halogens is 1. The van der Waals surface area contributed by atoms with Crippen molar-refractivity contribution in [3.63, 3.8) is 0 Å². The summed E-state index contributed by atoms with van der Waals surface area (Å²) in [6.07, 6.45) is 7.57. The highest BCUT2D eigenvalue weighted by molar-refractivity contribution is 5.86. The molecule has 2 aliphatic rings. The van der Waals surface area contributed by atoms with Crippen molar-refractivity contribution in [2.24, 2.45) is 11.8 Å². The first kappa shape index (κ1) is 29.5. The molecule has 0 aromatic heterocycles. The maximum absolute atomic E-state index is 13.7. The first-order valence-electron chi connectivity index (χ1n) is 14.2. The number of aliphatic hydroxyl groups is 1. The Morgan fingerprint density at radius 1 is 1.00 bits per heavy atom. The first-order valence-corrected chi connectivity index (χ1v) is 14.2. The molecule has 0 spiro atoms. The van der Waals surface area contributed by atoms with Crippen LogP contribution in [-0.4, -0.2) is 65.0 Å². The summed E-state index contributed by atoms with van der Waals surface area (Å²) in [5.74, 6) is -1.79. The van der Waals surface area contributed by atoms with Crippen molar-refractivity contribution < 1.29 is 28.6 Å². The molecule has 4 rings (SSSR count). The number of carbonyl (C=O) groups excluding carboxylic acids is 3. The van der Waals surface area contributed by atoms with Crippen LogP contribution in [0, 0.1) is 17.7 Å². The molecule has 2 amide bonds. The molecule has 0 unspecified atom stereocenters. The molecule has 2 aliphatic heterocycles. The molecule has 0 saturated carbocycles. The lowest BCUT2D eigenvalue weighted by Crippen LogP contribution is -2.44. The number of hydrogen-bond acceptors (Lipinski definition) is 5. The number of aliphatic hydroxyl groups excluding tert-OH is 1. The fraction of sp³-hybridized carbons (Fsp3) is 0.469. The van der Waals surface area contributed by atoms with Crippen LogP contribution in [0.3, 0.4) is 0 Å². The Morgan fingerprint density at radius 2 is 1.77 bits per heavy atom. The van der Waals surface area contributed by atoms with Gasteiger partial charge in [0.2, 0.25) is 11.8 Å². The highest BCUT2D eigenvalue weighted by Gasteiger charge is 2.35. The fourth-order valence-electron chi connectivity index (χ4n) is 5.54. The van der Waals surface area contributed by atoms with E-state index in [4.69, 9.17) is 4.74 Å². The van der Waals surface area contributed by atoms with E-state index in [1.54, 1.807) is 21.9 Å². The number of esters is 1. The van der Waals surface area contributed by atoms with Crippen LogP contribution in [-0.2, 0) is 32.1 Å². The summed E-state index contributed by atoms with van der Waals surface area (Å²) < 4.78 is 19.1. The van der Waals surface area contributed by atoms with Crippen LogP contribution in [0.25, 0.3) is 0 Å². The topological polar surface area (TPSA) is 87.2 Å². The van der Waals surface area contributed by atoms with E-state index in [0.717, 1.165) is 24.0 Å². The van der Waals surface area contributed by atoms with Gasteiger partial charge in [0.1, 0.15) is 12.4 Å². The van der Waals surface area contributed by atoms with Gasteiger partial charge in [0.05, 0.1) is 24.5 Å². The normalized spacial score (nSPS) is 22.9. The lowest BCUT2D eigenvalue weighted by atomic mass is 9.94. The number of carbonyl (C=O) groups is 3. The highest BCUT2D eigenvalue weighted by Crippen LogP contribution is 2.26. The van der Waals surface area contributed by atoms with Gasteiger partial charge >= 0.3 is 5.97 Å². The van der Waals surface area contributed by atoms with Gasteiger partial charge in [0.15, 0.2) is 0 Å². The van der Waals surface area contributed by atoms with E-state index in [1.807, 2.05) is 42.5 Å². The maximum Gasteiger partial charge on any atom is 0.309 e. The van der Waals surface area contributed by atoms with Crippen molar-refractivity contribution in [2.45, 2.75) is 57.5 Å². The van der Waals surface area contributed by atoms with Gasteiger partial charge in [-0.2, -0.15) is 0 Å². The summed E-state index contributed by atoms with van der Waals surface area (Å²) in [6.45, 7) is 1.11. The summed E-state index contributed by atoms with van der Waals surface area (Å²) >= 11 is 0. The van der Waals surface area contributed by atoms with Gasteiger partial charge in [-0.3, -0.25) is 14.4 Å². The Balaban J connectivity index is 1.47.